The van der Waals surface area contributed by atoms with E-state index in [1.165, 1.54) is 11.3 Å². The molecular formula is C8H11N3OS. The van der Waals surface area contributed by atoms with Crippen LogP contribution in [0.2, 0.25) is 0 Å². The number of nitrogens with two attached hydrogens (primary N) is 2. The van der Waals surface area contributed by atoms with E-state index in [1.807, 2.05) is 6.92 Å². The van der Waals surface area contributed by atoms with Gasteiger partial charge in [-0.3, -0.25) is 10.2 Å². The number of nitrogens with one attached hydrogen (secondary N) is 1. The van der Waals surface area contributed by atoms with Gasteiger partial charge >= 0.3 is 0 Å². The second-order valence-corrected chi connectivity index (χ2v) is 3.81. The van der Waals surface area contributed by atoms with Gasteiger partial charge < -0.3 is 11.5 Å². The molecule has 13 heavy (non-hydrogen) atoms. The van der Waals surface area contributed by atoms with Crippen molar-refractivity contribution in [3.8, 4) is 0 Å². The Morgan fingerprint density at radius 1 is 1.23 bits per heavy atom. The molecule has 70 valence electrons. The Labute approximate surface area is 80.1 Å². The van der Waals surface area contributed by atoms with Crippen molar-refractivity contribution in [3.05, 3.63) is 20.9 Å². The number of amidine groups is 1. The average molecular weight is 197 g/mol. The van der Waals surface area contributed by atoms with Gasteiger partial charge in [0.25, 0.3) is 5.91 Å². The van der Waals surface area contributed by atoms with Gasteiger partial charge in [0.2, 0.25) is 0 Å². The molecular weight excluding hydrogens is 186 g/mol. The quantitative estimate of drug-likeness (QED) is 0.482. The normalized spacial score (nSPS) is 10.0. The molecule has 0 fully saturated rings. The smallest absolute Gasteiger partial charge is 0.259 e. The minimum absolute atomic E-state index is 0.0156. The standard InChI is InChI=1S/C8H11N3OS/c1-3-4(2)6(8(11)12)13-5(3)7(9)10/h1-2H3,(H3,9,10)(H2,11,12). The van der Waals surface area contributed by atoms with Crippen LogP contribution >= 0.6 is 11.3 Å². The van der Waals surface area contributed by atoms with Gasteiger partial charge in [-0.1, -0.05) is 0 Å². The summed E-state index contributed by atoms with van der Waals surface area (Å²) in [5, 5.41) is 7.26. The zero-order valence-corrected chi connectivity index (χ0v) is 8.29. The Hall–Kier alpha value is -1.36. The van der Waals surface area contributed by atoms with E-state index in [-0.39, 0.29) is 5.84 Å². The molecule has 5 heteroatoms. The first-order valence-corrected chi connectivity index (χ1v) is 4.51. The van der Waals surface area contributed by atoms with E-state index in [0.717, 1.165) is 11.1 Å². The minimum atomic E-state index is -0.460. The van der Waals surface area contributed by atoms with Crippen molar-refractivity contribution < 1.29 is 4.79 Å². The molecule has 1 amide bonds. The highest BCUT2D eigenvalue weighted by molar-refractivity contribution is 7.16. The van der Waals surface area contributed by atoms with Crippen LogP contribution in [0.4, 0.5) is 0 Å². The number of hydrogen-bond donors (Lipinski definition) is 3. The molecule has 0 saturated heterocycles. The maximum Gasteiger partial charge on any atom is 0.259 e. The van der Waals surface area contributed by atoms with Crippen LogP contribution < -0.4 is 11.5 Å². The lowest BCUT2D eigenvalue weighted by Crippen LogP contribution is -2.10. The molecule has 4 nitrogen and oxygen atoms in total. The molecule has 1 aromatic rings. The predicted molar refractivity (Wildman–Crippen MR) is 53.3 cm³/mol. The summed E-state index contributed by atoms with van der Waals surface area (Å²) in [5.74, 6) is -0.476. The van der Waals surface area contributed by atoms with Crippen LogP contribution in [0.5, 0.6) is 0 Å². The number of thiophene rings is 1. The zero-order chi connectivity index (χ0) is 10.2. The summed E-state index contributed by atoms with van der Waals surface area (Å²) in [6.07, 6.45) is 0. The lowest BCUT2D eigenvalue weighted by molar-refractivity contribution is 0.100. The number of hydrogen-bond acceptors (Lipinski definition) is 3. The van der Waals surface area contributed by atoms with Gasteiger partial charge in [-0.15, -0.1) is 11.3 Å². The molecule has 0 aliphatic carbocycles. The highest BCUT2D eigenvalue weighted by atomic mass is 32.1. The first-order valence-electron chi connectivity index (χ1n) is 3.69. The largest absolute Gasteiger partial charge is 0.383 e. The maximum atomic E-state index is 10.9. The molecule has 1 aromatic heterocycles. The lowest BCUT2D eigenvalue weighted by atomic mass is 10.1. The number of rotatable bonds is 2. The van der Waals surface area contributed by atoms with Gasteiger partial charge in [0.1, 0.15) is 5.84 Å². The summed E-state index contributed by atoms with van der Waals surface area (Å²) in [4.78, 5) is 12.1. The molecule has 1 rings (SSSR count). The lowest BCUT2D eigenvalue weighted by Gasteiger charge is -1.94. The number of carbonyl (C=O) groups excluding carboxylic acids is 1. The van der Waals surface area contributed by atoms with E-state index in [9.17, 15) is 4.79 Å². The van der Waals surface area contributed by atoms with Gasteiger partial charge in [-0.25, -0.2) is 0 Å². The van der Waals surface area contributed by atoms with Crippen LogP contribution in [0, 0.1) is 19.3 Å². The third-order valence-corrected chi connectivity index (χ3v) is 3.36. The van der Waals surface area contributed by atoms with Crippen molar-refractivity contribution >= 4 is 23.1 Å². The van der Waals surface area contributed by atoms with Crippen LogP contribution in [0.25, 0.3) is 0 Å². The van der Waals surface area contributed by atoms with Crippen molar-refractivity contribution in [1.29, 1.82) is 5.41 Å². The maximum absolute atomic E-state index is 10.9. The topological polar surface area (TPSA) is 93.0 Å². The Morgan fingerprint density at radius 3 is 1.92 bits per heavy atom. The van der Waals surface area contributed by atoms with Gasteiger partial charge in [0.05, 0.1) is 9.75 Å². The first kappa shape index (κ1) is 9.73. The summed E-state index contributed by atoms with van der Waals surface area (Å²) in [6.45, 7) is 3.63. The first-order chi connectivity index (χ1) is 5.95. The Bertz CT molecular complexity index is 346. The van der Waals surface area contributed by atoms with Crippen LogP contribution in [0.1, 0.15) is 25.7 Å². The summed E-state index contributed by atoms with van der Waals surface area (Å²) in [6, 6.07) is 0. The minimum Gasteiger partial charge on any atom is -0.383 e. The zero-order valence-electron chi connectivity index (χ0n) is 7.47. The van der Waals surface area contributed by atoms with Crippen molar-refractivity contribution in [1.82, 2.24) is 0 Å². The fraction of sp³-hybridized carbons (Fsp3) is 0.250. The van der Waals surface area contributed by atoms with E-state index < -0.39 is 5.91 Å². The highest BCUT2D eigenvalue weighted by Gasteiger charge is 2.16. The molecule has 0 bridgehead atoms. The van der Waals surface area contributed by atoms with Crippen LogP contribution in [-0.2, 0) is 0 Å². The van der Waals surface area contributed by atoms with Crippen LogP contribution in [0.15, 0.2) is 0 Å². The Kier molecular flexibility index (Phi) is 2.38. The molecule has 5 N–H and O–H groups in total. The number of carbonyl (C=O) groups is 1. The molecule has 0 atom stereocenters. The molecule has 0 saturated carbocycles. The second kappa shape index (κ2) is 3.18. The molecule has 1 heterocycles. The Balaban J connectivity index is 3.36. The molecule has 0 aliphatic rings. The van der Waals surface area contributed by atoms with E-state index in [1.54, 1.807) is 6.92 Å². The third kappa shape index (κ3) is 1.55. The van der Waals surface area contributed by atoms with Gasteiger partial charge in [-0.2, -0.15) is 0 Å². The van der Waals surface area contributed by atoms with Crippen LogP contribution in [-0.4, -0.2) is 11.7 Å². The van der Waals surface area contributed by atoms with Gasteiger partial charge in [0, 0.05) is 0 Å². The van der Waals surface area contributed by atoms with Crippen molar-refractivity contribution in [2.45, 2.75) is 13.8 Å². The van der Waals surface area contributed by atoms with Crippen molar-refractivity contribution in [3.63, 3.8) is 0 Å². The van der Waals surface area contributed by atoms with Gasteiger partial charge in [0.15, 0.2) is 0 Å². The van der Waals surface area contributed by atoms with E-state index in [4.69, 9.17) is 16.9 Å². The van der Waals surface area contributed by atoms with Crippen LogP contribution in [0.3, 0.4) is 0 Å². The third-order valence-electron chi connectivity index (χ3n) is 1.92. The fourth-order valence-corrected chi connectivity index (χ4v) is 2.11. The average Bonchev–Trinajstić information content (AvgIpc) is 2.29. The Morgan fingerprint density at radius 2 is 1.69 bits per heavy atom. The van der Waals surface area contributed by atoms with E-state index >= 15 is 0 Å². The highest BCUT2D eigenvalue weighted by Crippen LogP contribution is 2.26. The van der Waals surface area contributed by atoms with Gasteiger partial charge in [-0.05, 0) is 25.0 Å². The van der Waals surface area contributed by atoms with E-state index in [2.05, 4.69) is 0 Å². The summed E-state index contributed by atoms with van der Waals surface area (Å²) in [5.41, 5.74) is 12.2. The van der Waals surface area contributed by atoms with E-state index in [0.29, 0.717) is 9.75 Å². The number of amides is 1. The summed E-state index contributed by atoms with van der Waals surface area (Å²) < 4.78 is 0. The SMILES string of the molecule is Cc1c(C(=N)N)sc(C(N)=O)c1C. The summed E-state index contributed by atoms with van der Waals surface area (Å²) in [7, 11) is 0. The van der Waals surface area contributed by atoms with Crippen molar-refractivity contribution in [2.75, 3.05) is 0 Å². The fourth-order valence-electron chi connectivity index (χ4n) is 1.09. The predicted octanol–water partition coefficient (Wildman–Crippen LogP) is 0.748. The molecule has 0 unspecified atom stereocenters. The molecule has 0 radical (unpaired) electrons. The van der Waals surface area contributed by atoms with Crippen molar-refractivity contribution in [2.24, 2.45) is 11.5 Å². The second-order valence-electron chi connectivity index (χ2n) is 2.79. The molecule has 0 aromatic carbocycles. The monoisotopic (exact) mass is 197 g/mol. The number of primary amides is 1. The molecule has 0 spiro atoms. The molecule has 0 aliphatic heterocycles. The number of nitrogen functional groups attached to an aromatic ring is 1. The summed E-state index contributed by atoms with van der Waals surface area (Å²) >= 11 is 1.18.